The van der Waals surface area contributed by atoms with Crippen LogP contribution in [0.3, 0.4) is 0 Å². The first-order valence-electron chi connectivity index (χ1n) is 9.66. The second-order valence-corrected chi connectivity index (χ2v) is 7.09. The molecule has 0 bridgehead atoms. The highest BCUT2D eigenvalue weighted by atomic mass is 19.3. The van der Waals surface area contributed by atoms with Crippen LogP contribution in [0, 0.1) is 0 Å². The zero-order valence-electron chi connectivity index (χ0n) is 17.7. The number of hydrogen-bond donors (Lipinski definition) is 1. The molecule has 0 unspecified atom stereocenters. The van der Waals surface area contributed by atoms with E-state index in [0.717, 1.165) is 17.7 Å². The van der Waals surface area contributed by atoms with Crippen LogP contribution in [0.15, 0.2) is 48.5 Å². The van der Waals surface area contributed by atoms with E-state index in [0.29, 0.717) is 18.2 Å². The third kappa shape index (κ3) is 6.84. The van der Waals surface area contributed by atoms with Crippen LogP contribution in [-0.4, -0.2) is 37.6 Å². The van der Waals surface area contributed by atoms with E-state index in [4.69, 9.17) is 4.74 Å². The molecule has 0 saturated carbocycles. The summed E-state index contributed by atoms with van der Waals surface area (Å²) in [7, 11) is 3.41. The highest BCUT2D eigenvalue weighted by Gasteiger charge is 2.14. The molecule has 0 radical (unpaired) electrons. The van der Waals surface area contributed by atoms with Crippen molar-refractivity contribution in [3.63, 3.8) is 0 Å². The van der Waals surface area contributed by atoms with E-state index in [-0.39, 0.29) is 17.4 Å². The minimum Gasteiger partial charge on any atom is -0.493 e. The minimum absolute atomic E-state index is 0.110. The van der Waals surface area contributed by atoms with Gasteiger partial charge in [0, 0.05) is 30.8 Å². The van der Waals surface area contributed by atoms with Crippen LogP contribution in [-0.2, 0) is 17.9 Å². The Balaban J connectivity index is 2.07. The fourth-order valence-electron chi connectivity index (χ4n) is 2.78. The average molecular weight is 418 g/mol. The van der Waals surface area contributed by atoms with Gasteiger partial charge in [0.1, 0.15) is 0 Å². The maximum absolute atomic E-state index is 12.7. The van der Waals surface area contributed by atoms with E-state index in [1.807, 2.05) is 24.3 Å². The molecule has 0 saturated heterocycles. The lowest BCUT2D eigenvalue weighted by molar-refractivity contribution is -0.116. The topological polar surface area (TPSA) is 50.8 Å². The largest absolute Gasteiger partial charge is 0.493 e. The highest BCUT2D eigenvalue weighted by molar-refractivity contribution is 5.92. The van der Waals surface area contributed by atoms with E-state index in [9.17, 15) is 13.6 Å². The lowest BCUT2D eigenvalue weighted by Crippen LogP contribution is -2.27. The zero-order chi connectivity index (χ0) is 22.1. The number of amides is 1. The third-order valence-electron chi connectivity index (χ3n) is 4.72. The molecule has 5 nitrogen and oxygen atoms in total. The van der Waals surface area contributed by atoms with Crippen molar-refractivity contribution in [2.45, 2.75) is 39.6 Å². The van der Waals surface area contributed by atoms with Crippen molar-refractivity contribution >= 4 is 12.0 Å². The van der Waals surface area contributed by atoms with Crippen LogP contribution in [0.25, 0.3) is 6.08 Å². The van der Waals surface area contributed by atoms with E-state index in [1.165, 1.54) is 25.3 Å². The first kappa shape index (κ1) is 23.3. The summed E-state index contributed by atoms with van der Waals surface area (Å²) in [4.78, 5) is 14.5. The Labute approximate surface area is 176 Å². The summed E-state index contributed by atoms with van der Waals surface area (Å²) < 4.78 is 35.1. The van der Waals surface area contributed by atoms with Gasteiger partial charge in [0.25, 0.3) is 0 Å². The molecule has 2 rings (SSSR count). The van der Waals surface area contributed by atoms with Crippen molar-refractivity contribution in [3.05, 3.63) is 65.2 Å². The molecule has 0 spiro atoms. The number of alkyl halides is 2. The Morgan fingerprint density at radius 2 is 1.83 bits per heavy atom. The zero-order valence-corrected chi connectivity index (χ0v) is 17.7. The number of methoxy groups -OCH3 is 1. The Morgan fingerprint density at radius 1 is 1.13 bits per heavy atom. The number of nitrogens with zero attached hydrogens (tertiary/aromatic N) is 1. The van der Waals surface area contributed by atoms with E-state index in [1.54, 1.807) is 12.1 Å². The number of nitrogens with one attached hydrogen (secondary N) is 1. The number of rotatable bonds is 10. The fourth-order valence-corrected chi connectivity index (χ4v) is 2.78. The number of halogens is 2. The predicted molar refractivity (Wildman–Crippen MR) is 114 cm³/mol. The van der Waals surface area contributed by atoms with Crippen molar-refractivity contribution in [1.82, 2.24) is 10.2 Å². The summed E-state index contributed by atoms with van der Waals surface area (Å²) in [6.07, 6.45) is 2.71. The highest BCUT2D eigenvalue weighted by Crippen LogP contribution is 2.33. The minimum atomic E-state index is -3.00. The number of benzene rings is 2. The van der Waals surface area contributed by atoms with Crippen LogP contribution < -0.4 is 14.8 Å². The summed E-state index contributed by atoms with van der Waals surface area (Å²) in [5.74, 6) is -0.282. The fraction of sp³-hybridized carbons (Fsp3) is 0.348. The average Bonchev–Trinajstić information content (AvgIpc) is 2.71. The van der Waals surface area contributed by atoms with Gasteiger partial charge >= 0.3 is 6.61 Å². The van der Waals surface area contributed by atoms with Crippen molar-refractivity contribution in [1.29, 1.82) is 0 Å². The summed E-state index contributed by atoms with van der Waals surface area (Å²) in [6.45, 7) is 2.39. The number of ether oxygens (including phenoxy) is 2. The molecule has 1 N–H and O–H groups in total. The first-order chi connectivity index (χ1) is 14.3. The van der Waals surface area contributed by atoms with Gasteiger partial charge in [0.15, 0.2) is 11.5 Å². The van der Waals surface area contributed by atoms with E-state index < -0.39 is 6.61 Å². The van der Waals surface area contributed by atoms with Gasteiger partial charge in [-0.25, -0.2) is 0 Å². The molecular formula is C23H28F2N2O3. The number of hydrogen-bond acceptors (Lipinski definition) is 4. The molecule has 0 atom stereocenters. The Bertz CT molecular complexity index is 869. The summed E-state index contributed by atoms with van der Waals surface area (Å²) in [6, 6.07) is 13.0. The Kier molecular flexibility index (Phi) is 8.80. The second kappa shape index (κ2) is 11.3. The lowest BCUT2D eigenvalue weighted by Gasteiger charge is -2.22. The van der Waals surface area contributed by atoms with Gasteiger partial charge in [-0.2, -0.15) is 8.78 Å². The molecule has 0 aliphatic rings. The van der Waals surface area contributed by atoms with Crippen molar-refractivity contribution < 1.29 is 23.0 Å². The normalized spacial score (nSPS) is 11.5. The van der Waals surface area contributed by atoms with E-state index in [2.05, 4.69) is 35.8 Å². The van der Waals surface area contributed by atoms with Crippen molar-refractivity contribution in [2.75, 3.05) is 14.2 Å². The second-order valence-electron chi connectivity index (χ2n) is 7.09. The molecule has 30 heavy (non-hydrogen) atoms. The van der Waals surface area contributed by atoms with Crippen molar-refractivity contribution in [3.8, 4) is 11.5 Å². The molecule has 7 heteroatoms. The standard InChI is InChI=1S/C23H28F2N2O3/c1-16(2)27(3)15-19-9-6-5-8-18(19)14-26-21(28)13-12-17-10-7-11-20(29-4)22(17)30-23(24)25/h5-13,16,23H,14-15H2,1-4H3,(H,26,28)/b13-12+. The molecule has 2 aromatic rings. The van der Waals surface area contributed by atoms with Gasteiger partial charge < -0.3 is 14.8 Å². The van der Waals surface area contributed by atoms with Crippen LogP contribution in [0.2, 0.25) is 0 Å². The van der Waals surface area contributed by atoms with Gasteiger partial charge in [-0.1, -0.05) is 36.4 Å². The van der Waals surface area contributed by atoms with Gasteiger partial charge in [-0.3, -0.25) is 9.69 Å². The third-order valence-corrected chi connectivity index (χ3v) is 4.72. The summed E-state index contributed by atoms with van der Waals surface area (Å²) in [5, 5.41) is 2.84. The van der Waals surface area contributed by atoms with Crippen LogP contribution in [0.4, 0.5) is 8.78 Å². The van der Waals surface area contributed by atoms with Crippen molar-refractivity contribution in [2.24, 2.45) is 0 Å². The predicted octanol–water partition coefficient (Wildman–Crippen LogP) is 4.47. The van der Waals surface area contributed by atoms with Gasteiger partial charge in [-0.05, 0) is 44.2 Å². The molecular weight excluding hydrogens is 390 g/mol. The van der Waals surface area contributed by atoms with Gasteiger partial charge in [0.2, 0.25) is 5.91 Å². The molecule has 0 aliphatic heterocycles. The maximum atomic E-state index is 12.7. The number of carbonyl (C=O) groups excluding carboxylic acids is 1. The monoisotopic (exact) mass is 418 g/mol. The summed E-state index contributed by atoms with van der Waals surface area (Å²) in [5.41, 5.74) is 2.48. The number of para-hydroxylation sites is 1. The molecule has 0 fully saturated rings. The van der Waals surface area contributed by atoms with Gasteiger partial charge in [-0.15, -0.1) is 0 Å². The lowest BCUT2D eigenvalue weighted by atomic mass is 10.1. The molecule has 162 valence electrons. The molecule has 0 heterocycles. The molecule has 2 aromatic carbocycles. The Morgan fingerprint density at radius 3 is 2.47 bits per heavy atom. The summed E-state index contributed by atoms with van der Waals surface area (Å²) >= 11 is 0. The molecule has 0 aliphatic carbocycles. The SMILES string of the molecule is COc1cccc(/C=C/C(=O)NCc2ccccc2CN(C)C(C)C)c1OC(F)F. The molecule has 0 aromatic heterocycles. The first-order valence-corrected chi connectivity index (χ1v) is 9.66. The van der Waals surface area contributed by atoms with Gasteiger partial charge in [0.05, 0.1) is 7.11 Å². The molecule has 1 amide bonds. The van der Waals surface area contributed by atoms with E-state index >= 15 is 0 Å². The maximum Gasteiger partial charge on any atom is 0.387 e. The number of carbonyl (C=O) groups is 1. The van der Waals surface area contributed by atoms with Crippen LogP contribution in [0.1, 0.15) is 30.5 Å². The smallest absolute Gasteiger partial charge is 0.387 e. The Hall–Kier alpha value is -2.93. The van der Waals surface area contributed by atoms with Crippen LogP contribution in [0.5, 0.6) is 11.5 Å². The quantitative estimate of drug-likeness (QED) is 0.579. The van der Waals surface area contributed by atoms with Crippen LogP contribution >= 0.6 is 0 Å².